The Bertz CT molecular complexity index is 358. The highest BCUT2D eigenvalue weighted by atomic mass is 127. The minimum atomic E-state index is -0.0830. The Morgan fingerprint density at radius 1 is 1.17 bits per heavy atom. The van der Waals surface area contributed by atoms with Gasteiger partial charge in [0.05, 0.1) is 6.61 Å². The molecule has 0 radical (unpaired) electrons. The van der Waals surface area contributed by atoms with Crippen molar-refractivity contribution in [3.8, 4) is 0 Å². The molecule has 136 valence electrons. The second-order valence-electron chi connectivity index (χ2n) is 5.95. The molecule has 1 aliphatic carbocycles. The van der Waals surface area contributed by atoms with Gasteiger partial charge >= 0.3 is 0 Å². The summed E-state index contributed by atoms with van der Waals surface area (Å²) >= 11 is 0. The number of rotatable bonds is 9. The first-order valence-electron chi connectivity index (χ1n) is 8.43. The average molecular weight is 440 g/mol. The van der Waals surface area contributed by atoms with E-state index >= 15 is 0 Å². The van der Waals surface area contributed by atoms with Crippen LogP contribution in [-0.4, -0.2) is 51.8 Å². The molecule has 0 aromatic rings. The van der Waals surface area contributed by atoms with Gasteiger partial charge in [-0.1, -0.05) is 19.8 Å². The number of carbonyl (C=O) groups excluding carboxylic acids is 1. The lowest BCUT2D eigenvalue weighted by Gasteiger charge is -2.28. The summed E-state index contributed by atoms with van der Waals surface area (Å²) in [6.07, 6.45) is 6.41. The first-order chi connectivity index (χ1) is 10.7. The number of amides is 1. The number of aliphatic imine (C=N–C) groups is 1. The van der Waals surface area contributed by atoms with Gasteiger partial charge < -0.3 is 20.7 Å². The van der Waals surface area contributed by atoms with Gasteiger partial charge in [0.15, 0.2) is 5.96 Å². The molecular weight excluding hydrogens is 407 g/mol. The molecule has 0 bridgehead atoms. The van der Waals surface area contributed by atoms with Gasteiger partial charge in [-0.2, -0.15) is 0 Å². The summed E-state index contributed by atoms with van der Waals surface area (Å²) in [6, 6.07) is 0. The van der Waals surface area contributed by atoms with Crippen molar-refractivity contribution in [2.24, 2.45) is 10.4 Å². The average Bonchev–Trinajstić information content (AvgIpc) is 3.00. The summed E-state index contributed by atoms with van der Waals surface area (Å²) < 4.78 is 4.90. The van der Waals surface area contributed by atoms with Crippen LogP contribution in [0.1, 0.15) is 46.0 Å². The molecule has 7 heteroatoms. The zero-order valence-corrected chi connectivity index (χ0v) is 17.1. The number of nitrogens with zero attached hydrogens (tertiary/aromatic N) is 1. The normalized spacial score (nSPS) is 16.6. The maximum absolute atomic E-state index is 11.7. The zero-order valence-electron chi connectivity index (χ0n) is 14.7. The summed E-state index contributed by atoms with van der Waals surface area (Å²) in [5.74, 6) is 0.643. The van der Waals surface area contributed by atoms with Gasteiger partial charge in [0.2, 0.25) is 5.91 Å². The van der Waals surface area contributed by atoms with E-state index in [4.69, 9.17) is 4.74 Å². The van der Waals surface area contributed by atoms with Gasteiger partial charge in [0.1, 0.15) is 6.54 Å². The number of nitrogens with one attached hydrogen (secondary N) is 3. The Kier molecular flexibility index (Phi) is 12.5. The Hall–Kier alpha value is -0.570. The largest absolute Gasteiger partial charge is 0.383 e. The van der Waals surface area contributed by atoms with E-state index in [9.17, 15) is 4.79 Å². The molecule has 1 aliphatic rings. The van der Waals surface area contributed by atoms with Crippen molar-refractivity contribution < 1.29 is 9.53 Å². The quantitative estimate of drug-likeness (QED) is 0.222. The summed E-state index contributed by atoms with van der Waals surface area (Å²) in [5, 5.41) is 9.39. The lowest BCUT2D eigenvalue weighted by Crippen LogP contribution is -2.43. The Morgan fingerprint density at radius 3 is 2.43 bits per heavy atom. The minimum Gasteiger partial charge on any atom is -0.383 e. The number of methoxy groups -OCH3 is 1. The molecule has 1 fully saturated rings. The van der Waals surface area contributed by atoms with Gasteiger partial charge in [0.25, 0.3) is 0 Å². The van der Waals surface area contributed by atoms with Crippen LogP contribution in [0, 0.1) is 5.41 Å². The lowest BCUT2D eigenvalue weighted by atomic mass is 9.83. The van der Waals surface area contributed by atoms with E-state index in [1.165, 1.54) is 32.1 Å². The van der Waals surface area contributed by atoms with E-state index in [1.54, 1.807) is 7.11 Å². The van der Waals surface area contributed by atoms with Crippen molar-refractivity contribution in [3.05, 3.63) is 0 Å². The monoisotopic (exact) mass is 440 g/mol. The van der Waals surface area contributed by atoms with E-state index < -0.39 is 0 Å². The summed E-state index contributed by atoms with van der Waals surface area (Å²) in [4.78, 5) is 16.0. The van der Waals surface area contributed by atoms with Gasteiger partial charge in [-0.3, -0.25) is 4.79 Å². The number of hydrogen-bond acceptors (Lipinski definition) is 3. The number of hydrogen-bond donors (Lipinski definition) is 3. The predicted octanol–water partition coefficient (Wildman–Crippen LogP) is 1.89. The fourth-order valence-electron chi connectivity index (χ4n) is 2.89. The standard InChI is InChI=1S/C16H32N4O2.HI/c1-4-16(8-6-7-9-16)13-20-15(17-5-2)19-12-14(21)18-10-11-22-3;/h4-13H2,1-3H3,(H,18,21)(H2,17,19,20);1H. The summed E-state index contributed by atoms with van der Waals surface area (Å²) in [6.45, 7) is 7.19. The van der Waals surface area contributed by atoms with Crippen LogP contribution in [0.5, 0.6) is 0 Å². The third-order valence-electron chi connectivity index (χ3n) is 4.40. The van der Waals surface area contributed by atoms with Crippen LogP contribution in [0.25, 0.3) is 0 Å². The molecular formula is C16H33IN4O2. The predicted molar refractivity (Wildman–Crippen MR) is 105 cm³/mol. The molecule has 6 nitrogen and oxygen atoms in total. The highest BCUT2D eigenvalue weighted by molar-refractivity contribution is 14.0. The Balaban J connectivity index is 0.00000484. The smallest absolute Gasteiger partial charge is 0.241 e. The lowest BCUT2D eigenvalue weighted by molar-refractivity contribution is -0.119. The molecule has 1 amide bonds. The van der Waals surface area contributed by atoms with Gasteiger partial charge in [-0.05, 0) is 31.6 Å². The maximum Gasteiger partial charge on any atom is 0.241 e. The molecule has 0 unspecified atom stereocenters. The SMILES string of the molecule is CCNC(=NCC(=O)NCCOC)NCC1(CC)CCCC1.I. The Morgan fingerprint density at radius 2 is 1.87 bits per heavy atom. The molecule has 0 aromatic heterocycles. The number of ether oxygens (including phenoxy) is 1. The summed E-state index contributed by atoms with van der Waals surface area (Å²) in [7, 11) is 1.62. The second kappa shape index (κ2) is 12.8. The molecule has 0 heterocycles. The summed E-state index contributed by atoms with van der Waals surface area (Å²) in [5.41, 5.74) is 0.400. The van der Waals surface area contributed by atoms with Gasteiger partial charge in [0, 0.05) is 26.7 Å². The molecule has 0 atom stereocenters. The fraction of sp³-hybridized carbons (Fsp3) is 0.875. The van der Waals surface area contributed by atoms with E-state index in [0.29, 0.717) is 18.6 Å². The van der Waals surface area contributed by atoms with Crippen LogP contribution < -0.4 is 16.0 Å². The van der Waals surface area contributed by atoms with Crippen LogP contribution >= 0.6 is 24.0 Å². The Labute approximate surface area is 157 Å². The molecule has 3 N–H and O–H groups in total. The van der Waals surface area contributed by atoms with E-state index in [0.717, 1.165) is 19.0 Å². The second-order valence-corrected chi connectivity index (χ2v) is 5.95. The van der Waals surface area contributed by atoms with Crippen LogP contribution in [0.4, 0.5) is 0 Å². The molecule has 1 saturated carbocycles. The number of carbonyl (C=O) groups is 1. The first kappa shape index (κ1) is 22.4. The van der Waals surface area contributed by atoms with Crippen LogP contribution in [-0.2, 0) is 9.53 Å². The highest BCUT2D eigenvalue weighted by Crippen LogP contribution is 2.40. The highest BCUT2D eigenvalue weighted by Gasteiger charge is 2.31. The number of guanidine groups is 1. The third kappa shape index (κ3) is 8.74. The first-order valence-corrected chi connectivity index (χ1v) is 8.43. The maximum atomic E-state index is 11.7. The minimum absolute atomic E-state index is 0. The molecule has 0 aliphatic heterocycles. The molecule has 0 aromatic carbocycles. The fourth-order valence-corrected chi connectivity index (χ4v) is 2.89. The van der Waals surface area contributed by atoms with Crippen molar-refractivity contribution in [2.45, 2.75) is 46.0 Å². The molecule has 0 spiro atoms. The van der Waals surface area contributed by atoms with Crippen LogP contribution in [0.15, 0.2) is 4.99 Å². The van der Waals surface area contributed by atoms with E-state index in [2.05, 4.69) is 27.9 Å². The van der Waals surface area contributed by atoms with Crippen molar-refractivity contribution in [1.82, 2.24) is 16.0 Å². The van der Waals surface area contributed by atoms with Crippen LogP contribution in [0.3, 0.4) is 0 Å². The number of halogens is 1. The van der Waals surface area contributed by atoms with Gasteiger partial charge in [-0.25, -0.2) is 4.99 Å². The zero-order chi connectivity index (χ0) is 16.3. The van der Waals surface area contributed by atoms with Crippen molar-refractivity contribution in [2.75, 3.05) is 39.9 Å². The van der Waals surface area contributed by atoms with Crippen LogP contribution in [0.2, 0.25) is 0 Å². The third-order valence-corrected chi connectivity index (χ3v) is 4.40. The molecule has 1 rings (SSSR count). The topological polar surface area (TPSA) is 74.8 Å². The van der Waals surface area contributed by atoms with Crippen molar-refractivity contribution in [1.29, 1.82) is 0 Å². The van der Waals surface area contributed by atoms with E-state index in [1.807, 2.05) is 6.92 Å². The van der Waals surface area contributed by atoms with Crippen molar-refractivity contribution in [3.63, 3.8) is 0 Å². The molecule has 0 saturated heterocycles. The van der Waals surface area contributed by atoms with Gasteiger partial charge in [-0.15, -0.1) is 24.0 Å². The van der Waals surface area contributed by atoms with Crippen molar-refractivity contribution >= 4 is 35.8 Å². The molecule has 23 heavy (non-hydrogen) atoms. The van der Waals surface area contributed by atoms with E-state index in [-0.39, 0.29) is 36.4 Å².